The third-order valence-corrected chi connectivity index (χ3v) is 7.06. The fourth-order valence-electron chi connectivity index (χ4n) is 4.86. The number of piperidine rings is 1. The second-order valence-electron chi connectivity index (χ2n) is 11.0. The molecule has 2 heterocycles. The van der Waals surface area contributed by atoms with Crippen molar-refractivity contribution in [2.24, 2.45) is 11.8 Å². The van der Waals surface area contributed by atoms with Gasteiger partial charge in [-0.2, -0.15) is 0 Å². The van der Waals surface area contributed by atoms with E-state index in [2.05, 4.69) is 26.4 Å². The SMILES string of the molecule is Cc1cc(C(=O)N[C@@H](CCc2ccc(F)cc2)C(=O)N[C@@H](CC(C)C)C(=O)N[C@H](C=O)C[C@@H]2CCCNC2O)no1. The van der Waals surface area contributed by atoms with E-state index in [0.717, 1.165) is 18.4 Å². The predicted molar refractivity (Wildman–Crippen MR) is 148 cm³/mol. The molecule has 0 radical (unpaired) electrons. The molecule has 0 aliphatic carbocycles. The van der Waals surface area contributed by atoms with E-state index in [1.807, 2.05) is 13.8 Å². The second-order valence-corrected chi connectivity index (χ2v) is 11.0. The summed E-state index contributed by atoms with van der Waals surface area (Å²) >= 11 is 0. The van der Waals surface area contributed by atoms with Crippen LogP contribution in [-0.2, 0) is 20.8 Å². The first kappa shape index (κ1) is 31.9. The van der Waals surface area contributed by atoms with Gasteiger partial charge >= 0.3 is 0 Å². The molecule has 1 fully saturated rings. The molecule has 5 N–H and O–H groups in total. The molecule has 1 aliphatic rings. The molecule has 5 atom stereocenters. The summed E-state index contributed by atoms with van der Waals surface area (Å²) in [5, 5.41) is 25.0. The molecule has 0 spiro atoms. The van der Waals surface area contributed by atoms with Crippen LogP contribution in [0.1, 0.15) is 67.8 Å². The molecule has 224 valence electrons. The van der Waals surface area contributed by atoms with E-state index in [0.29, 0.717) is 25.0 Å². The van der Waals surface area contributed by atoms with Gasteiger partial charge in [0.15, 0.2) is 5.69 Å². The van der Waals surface area contributed by atoms with Crippen molar-refractivity contribution in [3.63, 3.8) is 0 Å². The van der Waals surface area contributed by atoms with Crippen LogP contribution in [0, 0.1) is 24.6 Å². The number of hydrogen-bond acceptors (Lipinski definition) is 8. The maximum absolute atomic E-state index is 13.5. The lowest BCUT2D eigenvalue weighted by Gasteiger charge is -2.31. The van der Waals surface area contributed by atoms with Gasteiger partial charge in [0.2, 0.25) is 11.8 Å². The minimum absolute atomic E-state index is 0.00627. The average molecular weight is 574 g/mol. The van der Waals surface area contributed by atoms with Gasteiger partial charge in [-0.15, -0.1) is 0 Å². The lowest BCUT2D eigenvalue weighted by Crippen LogP contribution is -2.56. The number of hydrogen-bond donors (Lipinski definition) is 5. The van der Waals surface area contributed by atoms with Crippen molar-refractivity contribution in [1.29, 1.82) is 0 Å². The van der Waals surface area contributed by atoms with Crippen LogP contribution in [0.15, 0.2) is 34.9 Å². The van der Waals surface area contributed by atoms with Crippen LogP contribution in [-0.4, -0.2) is 65.2 Å². The first-order chi connectivity index (χ1) is 19.5. The number of aliphatic hydroxyl groups excluding tert-OH is 1. The minimum Gasteiger partial charge on any atom is -0.378 e. The van der Waals surface area contributed by atoms with E-state index in [1.54, 1.807) is 19.1 Å². The summed E-state index contributed by atoms with van der Waals surface area (Å²) in [4.78, 5) is 51.4. The highest BCUT2D eigenvalue weighted by atomic mass is 19.1. The van der Waals surface area contributed by atoms with E-state index in [9.17, 15) is 28.7 Å². The molecule has 1 aliphatic heterocycles. The first-order valence-corrected chi connectivity index (χ1v) is 14.0. The minimum atomic E-state index is -1.04. The third-order valence-electron chi connectivity index (χ3n) is 7.06. The number of aryl methyl sites for hydroxylation is 2. The van der Waals surface area contributed by atoms with E-state index in [1.165, 1.54) is 18.2 Å². The van der Waals surface area contributed by atoms with Crippen LogP contribution in [0.3, 0.4) is 0 Å². The van der Waals surface area contributed by atoms with Crippen molar-refractivity contribution in [2.75, 3.05) is 6.54 Å². The van der Waals surface area contributed by atoms with Gasteiger partial charge in [0, 0.05) is 12.0 Å². The monoisotopic (exact) mass is 573 g/mol. The van der Waals surface area contributed by atoms with Crippen LogP contribution in [0.2, 0.25) is 0 Å². The van der Waals surface area contributed by atoms with E-state index >= 15 is 0 Å². The molecule has 11 nitrogen and oxygen atoms in total. The number of carbonyl (C=O) groups is 4. The topological polar surface area (TPSA) is 163 Å². The number of benzene rings is 1. The number of aldehydes is 1. The highest BCUT2D eigenvalue weighted by molar-refractivity contribution is 5.97. The van der Waals surface area contributed by atoms with Crippen molar-refractivity contribution < 1.29 is 33.2 Å². The molecule has 1 unspecified atom stereocenters. The Morgan fingerprint density at radius 3 is 2.46 bits per heavy atom. The zero-order chi connectivity index (χ0) is 29.9. The van der Waals surface area contributed by atoms with Gasteiger partial charge in [-0.05, 0) is 75.6 Å². The Balaban J connectivity index is 1.71. The van der Waals surface area contributed by atoms with Crippen molar-refractivity contribution in [3.05, 3.63) is 53.2 Å². The standard InChI is InChI=1S/C29H40FN5O6/c1-17(2)13-24(28(39)32-22(16-36)15-20-5-4-12-31-26(20)37)34-27(38)23(11-8-19-6-9-21(30)10-7-19)33-29(40)25-14-18(3)41-35-25/h6-7,9-10,14,16-17,20,22-24,26,31,37H,4-5,8,11-13,15H2,1-3H3,(H,32,39)(H,33,40)(H,34,38)/t20-,22-,23-,24-,26?/m0/s1. The Labute approximate surface area is 239 Å². The molecule has 3 amide bonds. The van der Waals surface area contributed by atoms with Gasteiger partial charge < -0.3 is 30.4 Å². The molecule has 41 heavy (non-hydrogen) atoms. The molecule has 1 saturated heterocycles. The summed E-state index contributed by atoms with van der Waals surface area (Å²) in [7, 11) is 0. The fraction of sp³-hybridized carbons (Fsp3) is 0.552. The summed E-state index contributed by atoms with van der Waals surface area (Å²) in [6, 6.07) is 4.42. The summed E-state index contributed by atoms with van der Waals surface area (Å²) in [5.74, 6) is -1.86. The van der Waals surface area contributed by atoms with Gasteiger partial charge in [-0.1, -0.05) is 31.1 Å². The normalized spacial score (nSPS) is 19.2. The Bertz CT molecular complexity index is 1170. The van der Waals surface area contributed by atoms with Gasteiger partial charge in [0.25, 0.3) is 5.91 Å². The highest BCUT2D eigenvalue weighted by Crippen LogP contribution is 2.20. The van der Waals surface area contributed by atoms with Crippen molar-refractivity contribution >= 4 is 24.0 Å². The number of aromatic nitrogens is 1. The lowest BCUT2D eigenvalue weighted by molar-refractivity contribution is -0.131. The van der Waals surface area contributed by atoms with Crippen LogP contribution in [0.25, 0.3) is 0 Å². The van der Waals surface area contributed by atoms with Gasteiger partial charge in [-0.3, -0.25) is 19.7 Å². The number of rotatable bonds is 14. The third kappa shape index (κ3) is 10.0. The Morgan fingerprint density at radius 2 is 1.85 bits per heavy atom. The Hall–Kier alpha value is -3.64. The number of nitrogens with zero attached hydrogens (tertiary/aromatic N) is 1. The molecule has 0 saturated carbocycles. The summed E-state index contributed by atoms with van der Waals surface area (Å²) in [6.07, 6.45) is 2.53. The molecule has 12 heteroatoms. The molecule has 1 aromatic heterocycles. The largest absolute Gasteiger partial charge is 0.378 e. The summed E-state index contributed by atoms with van der Waals surface area (Å²) in [5.41, 5.74) is 0.771. The smallest absolute Gasteiger partial charge is 0.274 e. The van der Waals surface area contributed by atoms with E-state index in [4.69, 9.17) is 4.52 Å². The van der Waals surface area contributed by atoms with Gasteiger partial charge in [0.1, 0.15) is 36.2 Å². The molecule has 3 rings (SSSR count). The summed E-state index contributed by atoms with van der Waals surface area (Å²) < 4.78 is 18.3. The zero-order valence-corrected chi connectivity index (χ0v) is 23.7. The fourth-order valence-corrected chi connectivity index (χ4v) is 4.86. The van der Waals surface area contributed by atoms with Crippen LogP contribution >= 0.6 is 0 Å². The number of carbonyl (C=O) groups excluding carboxylic acids is 4. The quantitative estimate of drug-likeness (QED) is 0.214. The van der Waals surface area contributed by atoms with Crippen LogP contribution in [0.5, 0.6) is 0 Å². The number of halogens is 1. The molecule has 1 aromatic carbocycles. The first-order valence-electron chi connectivity index (χ1n) is 14.0. The Kier molecular flexibility index (Phi) is 12.0. The predicted octanol–water partition coefficient (Wildman–Crippen LogP) is 1.78. The number of aliphatic hydroxyl groups is 1. The van der Waals surface area contributed by atoms with Crippen LogP contribution in [0.4, 0.5) is 4.39 Å². The van der Waals surface area contributed by atoms with Crippen molar-refractivity contribution in [3.8, 4) is 0 Å². The van der Waals surface area contributed by atoms with Crippen LogP contribution < -0.4 is 21.3 Å². The molecule has 0 bridgehead atoms. The zero-order valence-electron chi connectivity index (χ0n) is 23.7. The summed E-state index contributed by atoms with van der Waals surface area (Å²) in [6.45, 7) is 6.12. The molecule has 2 aromatic rings. The van der Waals surface area contributed by atoms with Gasteiger partial charge in [0.05, 0.1) is 6.04 Å². The lowest BCUT2D eigenvalue weighted by atomic mass is 9.91. The van der Waals surface area contributed by atoms with E-state index in [-0.39, 0.29) is 42.6 Å². The maximum Gasteiger partial charge on any atom is 0.274 e. The number of nitrogens with one attached hydrogen (secondary N) is 4. The van der Waals surface area contributed by atoms with Crippen molar-refractivity contribution in [1.82, 2.24) is 26.4 Å². The van der Waals surface area contributed by atoms with Crippen molar-refractivity contribution in [2.45, 2.75) is 83.6 Å². The van der Waals surface area contributed by atoms with Gasteiger partial charge in [-0.25, -0.2) is 4.39 Å². The number of amides is 3. The Morgan fingerprint density at radius 1 is 1.15 bits per heavy atom. The maximum atomic E-state index is 13.5. The second kappa shape index (κ2) is 15.4. The highest BCUT2D eigenvalue weighted by Gasteiger charge is 2.31. The average Bonchev–Trinajstić information content (AvgIpc) is 3.38. The molecular formula is C29H40FN5O6. The molecular weight excluding hydrogens is 533 g/mol. The van der Waals surface area contributed by atoms with E-state index < -0.39 is 42.1 Å².